The van der Waals surface area contributed by atoms with Crippen molar-refractivity contribution in [2.75, 3.05) is 26.2 Å². The fourth-order valence-electron chi connectivity index (χ4n) is 2.93. The van der Waals surface area contributed by atoms with E-state index < -0.39 is 16.1 Å². The van der Waals surface area contributed by atoms with Gasteiger partial charge in [-0.3, -0.25) is 4.79 Å². The third-order valence-electron chi connectivity index (χ3n) is 4.41. The minimum Gasteiger partial charge on any atom is -0.338 e. The van der Waals surface area contributed by atoms with Crippen LogP contribution in [0.15, 0.2) is 59.5 Å². The maximum atomic E-state index is 12.7. The van der Waals surface area contributed by atoms with Crippen molar-refractivity contribution >= 4 is 27.5 Å². The zero-order valence-electron chi connectivity index (χ0n) is 14.1. The van der Waals surface area contributed by atoms with Crippen LogP contribution in [0.2, 0.25) is 5.02 Å². The topological polar surface area (TPSA) is 83.7 Å². The van der Waals surface area contributed by atoms with Crippen molar-refractivity contribution < 1.29 is 13.2 Å². The number of amides is 1. The number of rotatable bonds is 4. The van der Waals surface area contributed by atoms with Gasteiger partial charge in [0.05, 0.1) is 4.90 Å². The van der Waals surface area contributed by atoms with Gasteiger partial charge in [0.2, 0.25) is 15.9 Å². The summed E-state index contributed by atoms with van der Waals surface area (Å²) in [6, 6.07) is 14.6. The predicted octanol–water partition coefficient (Wildman–Crippen LogP) is 1.87. The number of hydrogen-bond donors (Lipinski definition) is 1. The summed E-state index contributed by atoms with van der Waals surface area (Å²) in [5.41, 5.74) is 6.80. The summed E-state index contributed by atoms with van der Waals surface area (Å²) in [6.07, 6.45) is 0. The molecule has 0 saturated carbocycles. The molecule has 0 spiro atoms. The molecule has 26 heavy (non-hydrogen) atoms. The Hall–Kier alpha value is -1.93. The van der Waals surface area contributed by atoms with Crippen LogP contribution in [0.3, 0.4) is 0 Å². The molecule has 0 aromatic heterocycles. The molecule has 0 radical (unpaired) electrons. The summed E-state index contributed by atoms with van der Waals surface area (Å²) >= 11 is 5.90. The lowest BCUT2D eigenvalue weighted by molar-refractivity contribution is -0.133. The molecule has 6 nitrogen and oxygen atoms in total. The van der Waals surface area contributed by atoms with Gasteiger partial charge in [0.1, 0.15) is 6.04 Å². The first-order valence-corrected chi connectivity index (χ1v) is 10.1. The van der Waals surface area contributed by atoms with Crippen LogP contribution >= 0.6 is 11.6 Å². The van der Waals surface area contributed by atoms with E-state index in [2.05, 4.69) is 0 Å². The van der Waals surface area contributed by atoms with Crippen molar-refractivity contribution in [2.24, 2.45) is 5.73 Å². The lowest BCUT2D eigenvalue weighted by Gasteiger charge is -2.35. The molecule has 1 heterocycles. The number of benzene rings is 2. The quantitative estimate of drug-likeness (QED) is 0.859. The predicted molar refractivity (Wildman–Crippen MR) is 100 cm³/mol. The van der Waals surface area contributed by atoms with Crippen LogP contribution in [0.5, 0.6) is 0 Å². The summed E-state index contributed by atoms with van der Waals surface area (Å²) in [5.74, 6) is -0.198. The van der Waals surface area contributed by atoms with E-state index in [1.807, 2.05) is 30.3 Å². The number of carbonyl (C=O) groups excluding carboxylic acids is 1. The van der Waals surface area contributed by atoms with Crippen LogP contribution in [0.1, 0.15) is 11.6 Å². The fraction of sp³-hybridized carbons (Fsp3) is 0.278. The first-order chi connectivity index (χ1) is 12.4. The number of hydrogen-bond acceptors (Lipinski definition) is 4. The maximum absolute atomic E-state index is 12.7. The Morgan fingerprint density at radius 1 is 1.00 bits per heavy atom. The van der Waals surface area contributed by atoms with Gasteiger partial charge in [-0.25, -0.2) is 8.42 Å². The minimum atomic E-state index is -3.63. The highest BCUT2D eigenvalue weighted by atomic mass is 35.5. The van der Waals surface area contributed by atoms with Crippen molar-refractivity contribution in [3.8, 4) is 0 Å². The van der Waals surface area contributed by atoms with E-state index in [4.69, 9.17) is 17.3 Å². The molecule has 1 unspecified atom stereocenters. The summed E-state index contributed by atoms with van der Waals surface area (Å²) < 4.78 is 26.8. The highest BCUT2D eigenvalue weighted by Crippen LogP contribution is 2.22. The van der Waals surface area contributed by atoms with Crippen molar-refractivity contribution in [1.29, 1.82) is 0 Å². The van der Waals surface area contributed by atoms with Gasteiger partial charge in [0.15, 0.2) is 0 Å². The maximum Gasteiger partial charge on any atom is 0.244 e. The fourth-order valence-corrected chi connectivity index (χ4v) is 4.65. The molecule has 1 amide bonds. The highest BCUT2D eigenvalue weighted by Gasteiger charge is 2.32. The van der Waals surface area contributed by atoms with E-state index in [1.54, 1.807) is 17.0 Å². The van der Waals surface area contributed by atoms with E-state index in [9.17, 15) is 13.2 Å². The van der Waals surface area contributed by atoms with Gasteiger partial charge in [0, 0.05) is 31.2 Å². The van der Waals surface area contributed by atoms with E-state index >= 15 is 0 Å². The van der Waals surface area contributed by atoms with Crippen molar-refractivity contribution in [3.63, 3.8) is 0 Å². The van der Waals surface area contributed by atoms with E-state index in [1.165, 1.54) is 16.4 Å². The Balaban J connectivity index is 1.66. The third kappa shape index (κ3) is 3.91. The Morgan fingerprint density at radius 2 is 1.65 bits per heavy atom. The monoisotopic (exact) mass is 393 g/mol. The molecule has 0 bridgehead atoms. The van der Waals surface area contributed by atoms with E-state index in [0.29, 0.717) is 18.1 Å². The van der Waals surface area contributed by atoms with Gasteiger partial charge in [-0.15, -0.1) is 0 Å². The van der Waals surface area contributed by atoms with Crippen LogP contribution in [0.4, 0.5) is 0 Å². The summed E-state index contributed by atoms with van der Waals surface area (Å²) in [4.78, 5) is 14.4. The van der Waals surface area contributed by atoms with Crippen molar-refractivity contribution in [3.05, 3.63) is 65.2 Å². The molecule has 2 aromatic carbocycles. The molecule has 3 rings (SSSR count). The molecule has 1 saturated heterocycles. The molecule has 2 N–H and O–H groups in total. The first-order valence-electron chi connectivity index (χ1n) is 8.24. The van der Waals surface area contributed by atoms with Crippen molar-refractivity contribution in [1.82, 2.24) is 9.21 Å². The molecule has 1 aliphatic rings. The lowest BCUT2D eigenvalue weighted by Crippen LogP contribution is -2.52. The van der Waals surface area contributed by atoms with Gasteiger partial charge in [-0.1, -0.05) is 48.0 Å². The molecule has 138 valence electrons. The van der Waals surface area contributed by atoms with Gasteiger partial charge < -0.3 is 10.6 Å². The van der Waals surface area contributed by atoms with Gasteiger partial charge >= 0.3 is 0 Å². The Kier molecular flexibility index (Phi) is 5.62. The highest BCUT2D eigenvalue weighted by molar-refractivity contribution is 7.89. The SMILES string of the molecule is NC(C(=O)N1CCN(S(=O)(=O)c2cccc(Cl)c2)CC1)c1ccccc1. The molecular formula is C18H20ClN3O3S. The number of nitrogens with zero attached hydrogens (tertiary/aromatic N) is 2. The Morgan fingerprint density at radius 3 is 2.27 bits per heavy atom. The van der Waals surface area contributed by atoms with Crippen LogP contribution in [0.25, 0.3) is 0 Å². The molecule has 1 atom stereocenters. The zero-order chi connectivity index (χ0) is 18.7. The first kappa shape index (κ1) is 18.8. The minimum absolute atomic E-state index is 0.158. The Labute approximate surface area is 158 Å². The molecule has 2 aromatic rings. The second-order valence-electron chi connectivity index (χ2n) is 6.08. The molecule has 8 heteroatoms. The van der Waals surface area contributed by atoms with Crippen LogP contribution in [0, 0.1) is 0 Å². The number of nitrogens with two attached hydrogens (primary N) is 1. The van der Waals surface area contributed by atoms with Crippen LogP contribution in [-0.4, -0.2) is 49.7 Å². The molecule has 1 aliphatic heterocycles. The zero-order valence-corrected chi connectivity index (χ0v) is 15.7. The number of sulfonamides is 1. The molecule has 0 aliphatic carbocycles. The summed E-state index contributed by atoms with van der Waals surface area (Å²) in [5, 5.41) is 0.369. The summed E-state index contributed by atoms with van der Waals surface area (Å²) in [6.45, 7) is 1.06. The van der Waals surface area contributed by atoms with Gasteiger partial charge in [-0.2, -0.15) is 4.31 Å². The number of carbonyl (C=O) groups is 1. The third-order valence-corrected chi connectivity index (χ3v) is 6.54. The smallest absolute Gasteiger partial charge is 0.244 e. The van der Waals surface area contributed by atoms with Crippen LogP contribution in [-0.2, 0) is 14.8 Å². The van der Waals surface area contributed by atoms with Crippen LogP contribution < -0.4 is 5.73 Å². The van der Waals surface area contributed by atoms with Crippen molar-refractivity contribution in [2.45, 2.75) is 10.9 Å². The second-order valence-corrected chi connectivity index (χ2v) is 8.45. The standard InChI is InChI=1S/C18H20ClN3O3S/c19-15-7-4-8-16(13-15)26(24,25)22-11-9-21(10-12-22)18(23)17(20)14-5-2-1-3-6-14/h1-8,13,17H,9-12,20H2. The molecular weight excluding hydrogens is 374 g/mol. The normalized spacial score (nSPS) is 17.1. The van der Waals surface area contributed by atoms with Gasteiger partial charge in [-0.05, 0) is 23.8 Å². The molecule has 1 fully saturated rings. The summed E-state index contributed by atoms with van der Waals surface area (Å²) in [7, 11) is -3.63. The van der Waals surface area contributed by atoms with Gasteiger partial charge in [0.25, 0.3) is 0 Å². The largest absolute Gasteiger partial charge is 0.338 e. The lowest BCUT2D eigenvalue weighted by atomic mass is 10.1. The van der Waals surface area contributed by atoms with E-state index in [0.717, 1.165) is 5.56 Å². The average Bonchev–Trinajstić information content (AvgIpc) is 2.67. The average molecular weight is 394 g/mol. The second kappa shape index (κ2) is 7.75. The Bertz CT molecular complexity index is 882. The number of piperazine rings is 1. The van der Waals surface area contributed by atoms with E-state index in [-0.39, 0.29) is 23.9 Å². The number of halogens is 1.